The Labute approximate surface area is 160 Å². The first-order valence-electron chi connectivity index (χ1n) is 8.00. The van der Waals surface area contributed by atoms with Crippen molar-refractivity contribution in [1.82, 2.24) is 9.97 Å². The van der Waals surface area contributed by atoms with Crippen LogP contribution in [0, 0.1) is 29.1 Å². The molecule has 1 amide bonds. The van der Waals surface area contributed by atoms with Gasteiger partial charge in [-0.15, -0.1) is 11.3 Å². The Morgan fingerprint density at radius 2 is 1.68 bits per heavy atom. The summed E-state index contributed by atoms with van der Waals surface area (Å²) in [4.78, 5) is 20.0. The normalized spacial score (nSPS) is 10.9. The SMILES string of the molecule is O=C(CCc1cccnc1)Nc1ncc(Cc2c(F)c(F)c(F)c(F)c2F)s1. The summed E-state index contributed by atoms with van der Waals surface area (Å²) in [5.74, 6) is -10.3. The Hall–Kier alpha value is -2.88. The number of nitrogens with one attached hydrogen (secondary N) is 1. The molecule has 0 spiro atoms. The molecule has 0 unspecified atom stereocenters. The zero-order valence-electron chi connectivity index (χ0n) is 14.1. The summed E-state index contributed by atoms with van der Waals surface area (Å²) in [6.07, 6.45) is 4.54. The fourth-order valence-corrected chi connectivity index (χ4v) is 3.25. The summed E-state index contributed by atoms with van der Waals surface area (Å²) < 4.78 is 67.1. The Morgan fingerprint density at radius 3 is 2.32 bits per heavy atom. The molecule has 0 radical (unpaired) electrons. The van der Waals surface area contributed by atoms with Crippen LogP contribution in [0.3, 0.4) is 0 Å². The third-order valence-corrected chi connectivity index (χ3v) is 4.73. The lowest BCUT2D eigenvalue weighted by molar-refractivity contribution is -0.116. The van der Waals surface area contributed by atoms with Crippen LogP contribution in [0.1, 0.15) is 22.4 Å². The van der Waals surface area contributed by atoms with E-state index in [1.807, 2.05) is 6.07 Å². The van der Waals surface area contributed by atoms with Gasteiger partial charge in [-0.1, -0.05) is 6.07 Å². The van der Waals surface area contributed by atoms with Crippen LogP contribution in [0.5, 0.6) is 0 Å². The summed E-state index contributed by atoms with van der Waals surface area (Å²) in [6.45, 7) is 0. The van der Waals surface area contributed by atoms with E-state index < -0.39 is 41.1 Å². The number of aromatic nitrogens is 2. The van der Waals surface area contributed by atoms with E-state index in [-0.39, 0.29) is 22.3 Å². The number of carbonyl (C=O) groups excluding carboxylic acids is 1. The Balaban J connectivity index is 1.66. The molecule has 28 heavy (non-hydrogen) atoms. The van der Waals surface area contributed by atoms with Crippen molar-refractivity contribution in [2.24, 2.45) is 0 Å². The molecule has 0 aliphatic rings. The van der Waals surface area contributed by atoms with Crippen molar-refractivity contribution in [3.63, 3.8) is 0 Å². The highest BCUT2D eigenvalue weighted by molar-refractivity contribution is 7.15. The minimum Gasteiger partial charge on any atom is -0.302 e. The fraction of sp³-hybridized carbons (Fsp3) is 0.167. The Kier molecular flexibility index (Phi) is 5.98. The molecule has 1 N–H and O–H groups in total. The van der Waals surface area contributed by atoms with E-state index in [1.165, 1.54) is 6.20 Å². The lowest BCUT2D eigenvalue weighted by Crippen LogP contribution is -2.12. The molecule has 2 aromatic heterocycles. The van der Waals surface area contributed by atoms with Crippen molar-refractivity contribution in [3.05, 3.63) is 75.8 Å². The highest BCUT2D eigenvalue weighted by Gasteiger charge is 2.26. The third-order valence-electron chi connectivity index (χ3n) is 3.82. The summed E-state index contributed by atoms with van der Waals surface area (Å²) >= 11 is 0.884. The first kappa shape index (κ1) is 19.9. The van der Waals surface area contributed by atoms with Crippen LogP contribution in [0.4, 0.5) is 27.1 Å². The first-order valence-corrected chi connectivity index (χ1v) is 8.82. The van der Waals surface area contributed by atoms with Gasteiger partial charge in [0.15, 0.2) is 28.4 Å². The second-order valence-electron chi connectivity index (χ2n) is 5.77. The van der Waals surface area contributed by atoms with Crippen LogP contribution in [0.25, 0.3) is 0 Å². The van der Waals surface area contributed by atoms with Crippen LogP contribution in [0.2, 0.25) is 0 Å². The third kappa shape index (κ3) is 4.33. The van der Waals surface area contributed by atoms with Crippen LogP contribution >= 0.6 is 11.3 Å². The van der Waals surface area contributed by atoms with E-state index in [9.17, 15) is 26.7 Å². The predicted molar refractivity (Wildman–Crippen MR) is 92.3 cm³/mol. The van der Waals surface area contributed by atoms with E-state index >= 15 is 0 Å². The van der Waals surface area contributed by atoms with E-state index in [1.54, 1.807) is 18.5 Å². The molecule has 1 aromatic carbocycles. The van der Waals surface area contributed by atoms with Crippen LogP contribution in [-0.2, 0) is 17.6 Å². The standard InChI is InChI=1S/C18H12F5N3OS/c19-13-11(14(20)16(22)17(23)15(13)21)6-10-8-25-18(28-10)26-12(27)4-3-9-2-1-5-24-7-9/h1-2,5,7-8H,3-4,6H2,(H,25,26,27). The van der Waals surface area contributed by atoms with Crippen molar-refractivity contribution in [2.75, 3.05) is 5.32 Å². The fourth-order valence-electron chi connectivity index (χ4n) is 2.41. The maximum Gasteiger partial charge on any atom is 0.226 e. The highest BCUT2D eigenvalue weighted by Crippen LogP contribution is 2.28. The van der Waals surface area contributed by atoms with Gasteiger partial charge in [-0.2, -0.15) is 0 Å². The number of aryl methyl sites for hydroxylation is 1. The molecule has 2 heterocycles. The average Bonchev–Trinajstić information content (AvgIpc) is 3.14. The predicted octanol–water partition coefficient (Wildman–Crippen LogP) is 4.40. The molecule has 0 atom stereocenters. The average molecular weight is 413 g/mol. The minimum absolute atomic E-state index is 0.162. The number of rotatable bonds is 6. The topological polar surface area (TPSA) is 54.9 Å². The molecule has 10 heteroatoms. The zero-order chi connectivity index (χ0) is 20.3. The second-order valence-corrected chi connectivity index (χ2v) is 6.88. The molecule has 3 rings (SSSR count). The molecule has 4 nitrogen and oxygen atoms in total. The van der Waals surface area contributed by atoms with E-state index in [2.05, 4.69) is 15.3 Å². The van der Waals surface area contributed by atoms with Gasteiger partial charge in [0, 0.05) is 41.9 Å². The number of nitrogens with zero attached hydrogens (tertiary/aromatic N) is 2. The molecule has 0 bridgehead atoms. The lowest BCUT2D eigenvalue weighted by Gasteiger charge is -2.06. The number of halogens is 5. The molecule has 0 saturated heterocycles. The molecular weight excluding hydrogens is 401 g/mol. The molecular formula is C18H12F5N3OS. The highest BCUT2D eigenvalue weighted by atomic mass is 32.1. The maximum absolute atomic E-state index is 13.8. The molecule has 0 saturated carbocycles. The van der Waals surface area contributed by atoms with Crippen LogP contribution in [0.15, 0.2) is 30.7 Å². The van der Waals surface area contributed by atoms with Gasteiger partial charge in [0.1, 0.15) is 0 Å². The molecule has 0 fully saturated rings. The Morgan fingerprint density at radius 1 is 1.00 bits per heavy atom. The van der Waals surface area contributed by atoms with E-state index in [0.717, 1.165) is 16.9 Å². The van der Waals surface area contributed by atoms with Crippen molar-refractivity contribution in [1.29, 1.82) is 0 Å². The van der Waals surface area contributed by atoms with Crippen molar-refractivity contribution in [3.8, 4) is 0 Å². The summed E-state index contributed by atoms with van der Waals surface area (Å²) in [5, 5.41) is 2.69. The van der Waals surface area contributed by atoms with E-state index in [4.69, 9.17) is 0 Å². The monoisotopic (exact) mass is 413 g/mol. The maximum atomic E-state index is 13.8. The number of anilines is 1. The minimum atomic E-state index is -2.20. The number of benzene rings is 1. The smallest absolute Gasteiger partial charge is 0.226 e. The lowest BCUT2D eigenvalue weighted by atomic mass is 10.1. The number of hydrogen-bond acceptors (Lipinski definition) is 4. The van der Waals surface area contributed by atoms with Gasteiger partial charge in [0.2, 0.25) is 11.7 Å². The van der Waals surface area contributed by atoms with Crippen molar-refractivity contribution in [2.45, 2.75) is 19.3 Å². The number of carbonyl (C=O) groups is 1. The first-order chi connectivity index (χ1) is 13.4. The number of thiazole rings is 1. The molecule has 146 valence electrons. The van der Waals surface area contributed by atoms with Crippen LogP contribution < -0.4 is 5.32 Å². The number of hydrogen-bond donors (Lipinski definition) is 1. The van der Waals surface area contributed by atoms with Crippen LogP contribution in [-0.4, -0.2) is 15.9 Å². The van der Waals surface area contributed by atoms with Gasteiger partial charge in [-0.05, 0) is 18.1 Å². The quantitative estimate of drug-likeness (QED) is 0.370. The number of pyridine rings is 1. The van der Waals surface area contributed by atoms with Gasteiger partial charge in [0.05, 0.1) is 0 Å². The van der Waals surface area contributed by atoms with Crippen molar-refractivity contribution >= 4 is 22.4 Å². The van der Waals surface area contributed by atoms with Gasteiger partial charge >= 0.3 is 0 Å². The zero-order valence-corrected chi connectivity index (χ0v) is 14.9. The molecule has 0 aliphatic heterocycles. The van der Waals surface area contributed by atoms with Crippen molar-refractivity contribution < 1.29 is 26.7 Å². The largest absolute Gasteiger partial charge is 0.302 e. The molecule has 0 aliphatic carbocycles. The molecule has 3 aromatic rings. The summed E-state index contributed by atoms with van der Waals surface area (Å²) in [7, 11) is 0. The summed E-state index contributed by atoms with van der Waals surface area (Å²) in [5.41, 5.74) is -0.0710. The van der Waals surface area contributed by atoms with E-state index in [0.29, 0.717) is 6.42 Å². The van der Waals surface area contributed by atoms with Gasteiger partial charge in [-0.3, -0.25) is 9.78 Å². The van der Waals surface area contributed by atoms with Gasteiger partial charge in [0.25, 0.3) is 0 Å². The van der Waals surface area contributed by atoms with Gasteiger partial charge in [-0.25, -0.2) is 26.9 Å². The summed E-state index contributed by atoms with van der Waals surface area (Å²) in [6, 6.07) is 3.57. The number of amides is 1. The van der Waals surface area contributed by atoms with Gasteiger partial charge < -0.3 is 5.32 Å². The second kappa shape index (κ2) is 8.42. The Bertz CT molecular complexity index is 981.